The second-order valence-electron chi connectivity index (χ2n) is 4.40. The summed E-state index contributed by atoms with van der Waals surface area (Å²) in [5, 5.41) is 7.99. The van der Waals surface area contributed by atoms with Crippen molar-refractivity contribution in [3.05, 3.63) is 52.0 Å². The van der Waals surface area contributed by atoms with E-state index in [1.54, 1.807) is 12.1 Å². The number of anilines is 1. The molecule has 2 heterocycles. The molecule has 118 valence electrons. The smallest absolute Gasteiger partial charge is 0.340 e. The van der Waals surface area contributed by atoms with Gasteiger partial charge in [0.2, 0.25) is 0 Å². The first kappa shape index (κ1) is 15.4. The van der Waals surface area contributed by atoms with Gasteiger partial charge in [0.25, 0.3) is 11.8 Å². The number of furan rings is 1. The van der Waals surface area contributed by atoms with E-state index >= 15 is 0 Å². The van der Waals surface area contributed by atoms with Crippen LogP contribution in [0.15, 0.2) is 39.4 Å². The minimum Gasteiger partial charge on any atom is -0.459 e. The van der Waals surface area contributed by atoms with Gasteiger partial charge in [0.05, 0.1) is 22.5 Å². The van der Waals surface area contributed by atoms with Crippen LogP contribution in [0.5, 0.6) is 0 Å². The number of ether oxygens (including phenoxy) is 1. The number of aromatic nitrogens is 2. The van der Waals surface area contributed by atoms with Gasteiger partial charge < -0.3 is 19.3 Å². The molecule has 0 saturated heterocycles. The summed E-state index contributed by atoms with van der Waals surface area (Å²) < 4.78 is 15.5. The summed E-state index contributed by atoms with van der Waals surface area (Å²) in [5.74, 6) is 0.00778. The van der Waals surface area contributed by atoms with Gasteiger partial charge in [-0.1, -0.05) is 23.2 Å². The molecule has 2 aromatic heterocycles. The molecular weight excluding hydrogens is 345 g/mol. The molecule has 23 heavy (non-hydrogen) atoms. The van der Waals surface area contributed by atoms with Gasteiger partial charge in [-0.15, -0.1) is 10.2 Å². The standard InChI is InChI=1S/C14H9Cl2N3O4/c15-7-4-8(12(17)9(16)5-7)14(20)22-6-11-18-19-13(23-11)10-2-1-3-21-10/h1-5H,6,17H2. The molecule has 0 atom stereocenters. The lowest BCUT2D eigenvalue weighted by Crippen LogP contribution is -2.09. The van der Waals surface area contributed by atoms with E-state index in [0.29, 0.717) is 5.76 Å². The Bertz CT molecular complexity index is 846. The summed E-state index contributed by atoms with van der Waals surface area (Å²) in [6, 6.07) is 6.15. The van der Waals surface area contributed by atoms with Crippen LogP contribution in [0.1, 0.15) is 16.2 Å². The summed E-state index contributed by atoms with van der Waals surface area (Å²) in [7, 11) is 0. The lowest BCUT2D eigenvalue weighted by molar-refractivity contribution is 0.0440. The average molecular weight is 354 g/mol. The summed E-state index contributed by atoms with van der Waals surface area (Å²) in [4.78, 5) is 12.1. The highest BCUT2D eigenvalue weighted by Gasteiger charge is 2.17. The van der Waals surface area contributed by atoms with E-state index in [2.05, 4.69) is 10.2 Å². The fourth-order valence-corrected chi connectivity index (χ4v) is 2.26. The van der Waals surface area contributed by atoms with Crippen molar-refractivity contribution in [2.24, 2.45) is 0 Å². The van der Waals surface area contributed by atoms with Gasteiger partial charge in [-0.05, 0) is 24.3 Å². The van der Waals surface area contributed by atoms with Gasteiger partial charge in [-0.25, -0.2) is 4.79 Å². The van der Waals surface area contributed by atoms with Gasteiger partial charge in [0.15, 0.2) is 12.4 Å². The minimum absolute atomic E-state index is 0.0632. The molecule has 0 aliphatic carbocycles. The normalized spacial score (nSPS) is 10.7. The van der Waals surface area contributed by atoms with Crippen LogP contribution in [0.3, 0.4) is 0 Å². The highest BCUT2D eigenvalue weighted by Crippen LogP contribution is 2.28. The van der Waals surface area contributed by atoms with E-state index in [-0.39, 0.29) is 39.7 Å². The number of esters is 1. The average Bonchev–Trinajstić information content (AvgIpc) is 3.18. The molecular formula is C14H9Cl2N3O4. The topological polar surface area (TPSA) is 104 Å². The summed E-state index contributed by atoms with van der Waals surface area (Å²) >= 11 is 11.7. The fourth-order valence-electron chi connectivity index (χ4n) is 1.77. The Labute approximate surface area is 139 Å². The third-order valence-corrected chi connectivity index (χ3v) is 3.37. The lowest BCUT2D eigenvalue weighted by atomic mass is 10.2. The van der Waals surface area contributed by atoms with E-state index in [1.165, 1.54) is 18.4 Å². The Morgan fingerprint density at radius 2 is 2.13 bits per heavy atom. The number of nitrogen functional groups attached to an aromatic ring is 1. The molecule has 0 spiro atoms. The number of hydrogen-bond donors (Lipinski definition) is 1. The number of nitrogens with zero attached hydrogens (tertiary/aromatic N) is 2. The zero-order valence-corrected chi connectivity index (χ0v) is 13.0. The second-order valence-corrected chi connectivity index (χ2v) is 5.25. The molecule has 7 nitrogen and oxygen atoms in total. The van der Waals surface area contributed by atoms with Crippen LogP contribution >= 0.6 is 23.2 Å². The molecule has 0 aliphatic heterocycles. The van der Waals surface area contributed by atoms with Crippen molar-refractivity contribution < 1.29 is 18.4 Å². The zero-order chi connectivity index (χ0) is 16.4. The number of rotatable bonds is 4. The Balaban J connectivity index is 1.70. The Morgan fingerprint density at radius 1 is 1.30 bits per heavy atom. The van der Waals surface area contributed by atoms with Gasteiger partial charge in [0, 0.05) is 5.02 Å². The van der Waals surface area contributed by atoms with E-state index < -0.39 is 5.97 Å². The van der Waals surface area contributed by atoms with Crippen LogP contribution in [0, 0.1) is 0 Å². The summed E-state index contributed by atoms with van der Waals surface area (Å²) in [5.41, 5.74) is 5.88. The van der Waals surface area contributed by atoms with Crippen LogP contribution in [-0.2, 0) is 11.3 Å². The molecule has 9 heteroatoms. The third-order valence-electron chi connectivity index (χ3n) is 2.84. The van der Waals surface area contributed by atoms with Crippen LogP contribution in [-0.4, -0.2) is 16.2 Å². The van der Waals surface area contributed by atoms with E-state index in [1.807, 2.05) is 0 Å². The highest BCUT2D eigenvalue weighted by atomic mass is 35.5. The Kier molecular flexibility index (Phi) is 4.22. The summed E-state index contributed by atoms with van der Waals surface area (Å²) in [6.45, 7) is -0.226. The monoisotopic (exact) mass is 353 g/mol. The molecule has 0 unspecified atom stereocenters. The molecule has 3 aromatic rings. The maximum atomic E-state index is 12.1. The molecule has 1 aromatic carbocycles. The third kappa shape index (κ3) is 3.30. The fraction of sp³-hybridized carbons (Fsp3) is 0.0714. The van der Waals surface area contributed by atoms with Crippen molar-refractivity contribution >= 4 is 34.9 Å². The van der Waals surface area contributed by atoms with Crippen LogP contribution in [0.25, 0.3) is 11.7 Å². The maximum Gasteiger partial charge on any atom is 0.340 e. The van der Waals surface area contributed by atoms with E-state index in [0.717, 1.165) is 0 Å². The number of halogens is 2. The van der Waals surface area contributed by atoms with Crippen molar-refractivity contribution in [2.75, 3.05) is 5.73 Å². The largest absolute Gasteiger partial charge is 0.459 e. The molecule has 0 fully saturated rings. The van der Waals surface area contributed by atoms with Crippen LogP contribution < -0.4 is 5.73 Å². The van der Waals surface area contributed by atoms with Gasteiger partial charge in [-0.3, -0.25) is 0 Å². The molecule has 2 N–H and O–H groups in total. The number of hydrogen-bond acceptors (Lipinski definition) is 7. The molecule has 0 aliphatic rings. The van der Waals surface area contributed by atoms with E-state index in [9.17, 15) is 4.79 Å². The van der Waals surface area contributed by atoms with Gasteiger partial charge in [-0.2, -0.15) is 0 Å². The predicted molar refractivity (Wildman–Crippen MR) is 82.0 cm³/mol. The van der Waals surface area contributed by atoms with Crippen molar-refractivity contribution in [2.45, 2.75) is 6.61 Å². The first-order valence-corrected chi connectivity index (χ1v) is 7.08. The first-order chi connectivity index (χ1) is 11.0. The Morgan fingerprint density at radius 3 is 2.87 bits per heavy atom. The SMILES string of the molecule is Nc1c(Cl)cc(Cl)cc1C(=O)OCc1nnc(-c2ccco2)o1. The highest BCUT2D eigenvalue weighted by molar-refractivity contribution is 6.37. The number of nitrogens with two attached hydrogens (primary N) is 1. The van der Waals surface area contributed by atoms with Crippen molar-refractivity contribution in [3.63, 3.8) is 0 Å². The first-order valence-electron chi connectivity index (χ1n) is 6.32. The van der Waals surface area contributed by atoms with Crippen molar-refractivity contribution in [1.82, 2.24) is 10.2 Å². The van der Waals surface area contributed by atoms with Gasteiger partial charge in [0.1, 0.15) is 0 Å². The molecule has 0 saturated carbocycles. The zero-order valence-electron chi connectivity index (χ0n) is 11.5. The minimum atomic E-state index is -0.704. The van der Waals surface area contributed by atoms with Gasteiger partial charge >= 0.3 is 5.97 Å². The number of carbonyl (C=O) groups is 1. The Hall–Kier alpha value is -2.51. The van der Waals surface area contributed by atoms with Crippen LogP contribution in [0.2, 0.25) is 10.0 Å². The molecule has 3 rings (SSSR count). The van der Waals surface area contributed by atoms with E-state index in [4.69, 9.17) is 42.5 Å². The summed E-state index contributed by atoms with van der Waals surface area (Å²) in [6.07, 6.45) is 1.48. The predicted octanol–water partition coefficient (Wildman–Crippen LogP) is 3.58. The maximum absolute atomic E-state index is 12.1. The van der Waals surface area contributed by atoms with Crippen LogP contribution in [0.4, 0.5) is 5.69 Å². The molecule has 0 bridgehead atoms. The van der Waals surface area contributed by atoms with Crippen molar-refractivity contribution in [1.29, 1.82) is 0 Å². The second kappa shape index (κ2) is 6.31. The lowest BCUT2D eigenvalue weighted by Gasteiger charge is -2.07. The molecule has 0 amide bonds. The number of benzene rings is 1. The number of carbonyl (C=O) groups excluding carboxylic acids is 1. The van der Waals surface area contributed by atoms with Crippen molar-refractivity contribution in [3.8, 4) is 11.7 Å². The quantitative estimate of drug-likeness (QED) is 0.564. The molecule has 0 radical (unpaired) electrons.